The Bertz CT molecular complexity index is 568. The summed E-state index contributed by atoms with van der Waals surface area (Å²) in [6, 6.07) is -0.130. The fourth-order valence-corrected chi connectivity index (χ4v) is 4.76. The molecule has 2 atom stereocenters. The molecule has 4 aliphatic rings. The number of carbonyl (C=O) groups is 3. The summed E-state index contributed by atoms with van der Waals surface area (Å²) in [6.45, 7) is 4.93. The maximum atomic E-state index is 12.6. The summed E-state index contributed by atoms with van der Waals surface area (Å²) >= 11 is 0. The molecule has 0 spiro atoms. The average Bonchev–Trinajstić information content (AvgIpc) is 3.22. The largest absolute Gasteiger partial charge is 0.337 e. The topological polar surface area (TPSA) is 78.5 Å². The first-order valence-electron chi connectivity index (χ1n) is 8.69. The number of amides is 4. The first-order valence-corrected chi connectivity index (χ1v) is 8.69. The number of carbonyl (C=O) groups excluding carboxylic acids is 3. The molecule has 6 heteroatoms. The van der Waals surface area contributed by atoms with Gasteiger partial charge in [-0.15, -0.1) is 0 Å². The van der Waals surface area contributed by atoms with Gasteiger partial charge in [-0.3, -0.25) is 14.9 Å². The number of nitrogens with one attached hydrogen (secondary N) is 2. The highest BCUT2D eigenvalue weighted by Crippen LogP contribution is 2.56. The summed E-state index contributed by atoms with van der Waals surface area (Å²) in [5, 5.41) is 5.51. The molecule has 2 saturated carbocycles. The van der Waals surface area contributed by atoms with Crippen molar-refractivity contribution in [3.05, 3.63) is 0 Å². The summed E-state index contributed by atoms with van der Waals surface area (Å²) in [5.74, 6) is 0.277. The number of hydrogen-bond donors (Lipinski definition) is 2. The highest BCUT2D eigenvalue weighted by atomic mass is 16.2. The lowest BCUT2D eigenvalue weighted by molar-refractivity contribution is -0.128. The van der Waals surface area contributed by atoms with Crippen molar-refractivity contribution in [2.45, 2.75) is 46.0 Å². The number of hydrogen-bond acceptors (Lipinski definition) is 3. The zero-order valence-electron chi connectivity index (χ0n) is 13.9. The third-order valence-electron chi connectivity index (χ3n) is 7.13. The van der Waals surface area contributed by atoms with Gasteiger partial charge < -0.3 is 10.2 Å². The lowest BCUT2D eigenvalue weighted by Crippen LogP contribution is -2.49. The molecule has 0 aromatic carbocycles. The molecule has 2 unspecified atom stereocenters. The quantitative estimate of drug-likeness (QED) is 0.769. The second kappa shape index (κ2) is 4.48. The van der Waals surface area contributed by atoms with Crippen molar-refractivity contribution in [1.29, 1.82) is 0 Å². The lowest BCUT2D eigenvalue weighted by atomic mass is 9.65. The predicted molar refractivity (Wildman–Crippen MR) is 83.3 cm³/mol. The third kappa shape index (κ3) is 1.90. The van der Waals surface area contributed by atoms with Crippen LogP contribution in [-0.4, -0.2) is 42.4 Å². The Morgan fingerprint density at radius 1 is 1.17 bits per heavy atom. The number of rotatable bonds is 3. The van der Waals surface area contributed by atoms with Gasteiger partial charge in [0.2, 0.25) is 11.8 Å². The van der Waals surface area contributed by atoms with E-state index in [1.165, 1.54) is 32.1 Å². The van der Waals surface area contributed by atoms with E-state index in [4.69, 9.17) is 0 Å². The van der Waals surface area contributed by atoms with Crippen molar-refractivity contribution in [1.82, 2.24) is 15.5 Å². The van der Waals surface area contributed by atoms with E-state index in [1.54, 1.807) is 18.7 Å². The standard InChI is InChI=1S/C17H25N3O3/c1-15-9-20(10-16(15,2)13(22)19-12(15)21)14(23)18-8-17(6-3-7-17)11-4-5-11/h11H,3-10H2,1-2H3,(H,18,23)(H,19,21,22). The van der Waals surface area contributed by atoms with E-state index in [9.17, 15) is 14.4 Å². The molecule has 0 aromatic heterocycles. The van der Waals surface area contributed by atoms with Gasteiger partial charge in [0.15, 0.2) is 0 Å². The summed E-state index contributed by atoms with van der Waals surface area (Å²) in [6.07, 6.45) is 6.29. The molecule has 4 rings (SSSR count). The maximum absolute atomic E-state index is 12.6. The van der Waals surface area contributed by atoms with Crippen LogP contribution in [0.2, 0.25) is 0 Å². The Hall–Kier alpha value is -1.59. The first kappa shape index (κ1) is 15.0. The number of imide groups is 1. The number of nitrogens with zero attached hydrogens (tertiary/aromatic N) is 1. The van der Waals surface area contributed by atoms with Crippen LogP contribution >= 0.6 is 0 Å². The van der Waals surface area contributed by atoms with Crippen LogP contribution in [0.15, 0.2) is 0 Å². The Morgan fingerprint density at radius 2 is 1.74 bits per heavy atom. The van der Waals surface area contributed by atoms with Crippen LogP contribution in [-0.2, 0) is 9.59 Å². The predicted octanol–water partition coefficient (Wildman–Crippen LogP) is 1.26. The normalized spacial score (nSPS) is 38.1. The van der Waals surface area contributed by atoms with Gasteiger partial charge in [0.25, 0.3) is 0 Å². The van der Waals surface area contributed by atoms with E-state index in [0.29, 0.717) is 18.5 Å². The van der Waals surface area contributed by atoms with E-state index in [0.717, 1.165) is 12.5 Å². The van der Waals surface area contributed by atoms with E-state index in [2.05, 4.69) is 10.6 Å². The lowest BCUT2D eigenvalue weighted by Gasteiger charge is -2.43. The molecule has 126 valence electrons. The maximum Gasteiger partial charge on any atom is 0.317 e. The van der Waals surface area contributed by atoms with Gasteiger partial charge in [-0.2, -0.15) is 0 Å². The van der Waals surface area contributed by atoms with E-state index in [-0.39, 0.29) is 17.8 Å². The summed E-state index contributed by atoms with van der Waals surface area (Å²) < 4.78 is 0. The van der Waals surface area contributed by atoms with Crippen molar-refractivity contribution < 1.29 is 14.4 Å². The van der Waals surface area contributed by atoms with Crippen molar-refractivity contribution in [2.75, 3.05) is 19.6 Å². The van der Waals surface area contributed by atoms with E-state index < -0.39 is 10.8 Å². The molecule has 4 fully saturated rings. The molecule has 0 aromatic rings. The van der Waals surface area contributed by atoms with Gasteiger partial charge in [0.1, 0.15) is 0 Å². The molecule has 2 heterocycles. The average molecular weight is 319 g/mol. The number of fused-ring (bicyclic) bond motifs is 1. The van der Waals surface area contributed by atoms with Crippen LogP contribution < -0.4 is 10.6 Å². The van der Waals surface area contributed by atoms with Gasteiger partial charge in [-0.25, -0.2) is 4.79 Å². The van der Waals surface area contributed by atoms with Crippen molar-refractivity contribution in [3.63, 3.8) is 0 Å². The molecule has 23 heavy (non-hydrogen) atoms. The van der Waals surface area contributed by atoms with Gasteiger partial charge in [-0.1, -0.05) is 6.42 Å². The molecule has 0 bridgehead atoms. The van der Waals surface area contributed by atoms with Gasteiger partial charge in [0, 0.05) is 19.6 Å². The zero-order valence-corrected chi connectivity index (χ0v) is 13.9. The van der Waals surface area contributed by atoms with E-state index >= 15 is 0 Å². The Kier molecular flexibility index (Phi) is 2.92. The molecule has 2 aliphatic heterocycles. The SMILES string of the molecule is CC12CN(C(=O)NCC3(C4CC4)CCC3)CC1(C)C(=O)NC2=O. The van der Waals surface area contributed by atoms with Crippen LogP contribution in [0, 0.1) is 22.2 Å². The van der Waals surface area contributed by atoms with Crippen LogP contribution in [0.25, 0.3) is 0 Å². The zero-order chi connectivity index (χ0) is 16.5. The fourth-order valence-electron chi connectivity index (χ4n) is 4.76. The van der Waals surface area contributed by atoms with Crippen LogP contribution in [0.1, 0.15) is 46.0 Å². The minimum atomic E-state index is -0.813. The van der Waals surface area contributed by atoms with Crippen molar-refractivity contribution >= 4 is 17.8 Å². The molecule has 2 N–H and O–H groups in total. The summed E-state index contributed by atoms with van der Waals surface area (Å²) in [5.41, 5.74) is -1.30. The van der Waals surface area contributed by atoms with Crippen molar-refractivity contribution in [2.24, 2.45) is 22.2 Å². The highest BCUT2D eigenvalue weighted by Gasteiger charge is 2.66. The summed E-state index contributed by atoms with van der Waals surface area (Å²) in [4.78, 5) is 38.5. The molecule has 4 amide bonds. The number of urea groups is 1. The Morgan fingerprint density at radius 3 is 2.17 bits per heavy atom. The van der Waals surface area contributed by atoms with Crippen molar-refractivity contribution in [3.8, 4) is 0 Å². The molecule has 6 nitrogen and oxygen atoms in total. The Balaban J connectivity index is 1.42. The smallest absolute Gasteiger partial charge is 0.317 e. The highest BCUT2D eigenvalue weighted by molar-refractivity contribution is 6.10. The summed E-state index contributed by atoms with van der Waals surface area (Å²) in [7, 11) is 0. The van der Waals surface area contributed by atoms with Crippen LogP contribution in [0.3, 0.4) is 0 Å². The second-order valence-electron chi connectivity index (χ2n) is 8.45. The van der Waals surface area contributed by atoms with Crippen LogP contribution in [0.5, 0.6) is 0 Å². The Labute approximate surface area is 136 Å². The minimum Gasteiger partial charge on any atom is -0.337 e. The van der Waals surface area contributed by atoms with Gasteiger partial charge in [0.05, 0.1) is 10.8 Å². The molecule has 2 aliphatic carbocycles. The minimum absolute atomic E-state index is 0.130. The van der Waals surface area contributed by atoms with Gasteiger partial charge in [-0.05, 0) is 50.9 Å². The molecular formula is C17H25N3O3. The van der Waals surface area contributed by atoms with Gasteiger partial charge >= 0.3 is 6.03 Å². The first-order chi connectivity index (χ1) is 10.8. The third-order valence-corrected chi connectivity index (χ3v) is 7.13. The second-order valence-corrected chi connectivity index (χ2v) is 8.45. The molecule has 0 radical (unpaired) electrons. The molecule has 2 saturated heterocycles. The monoisotopic (exact) mass is 319 g/mol. The fraction of sp³-hybridized carbons (Fsp3) is 0.824. The molecular weight excluding hydrogens is 294 g/mol. The van der Waals surface area contributed by atoms with E-state index in [1.807, 2.05) is 0 Å². The van der Waals surface area contributed by atoms with Crippen LogP contribution in [0.4, 0.5) is 4.79 Å². The number of likely N-dealkylation sites (tertiary alicyclic amines) is 1.